The number of hydrogen-bond donors (Lipinski definition) is 3. The lowest BCUT2D eigenvalue weighted by Crippen LogP contribution is -2.31. The number of hydrogen-bond acceptors (Lipinski definition) is 5. The summed E-state index contributed by atoms with van der Waals surface area (Å²) >= 11 is 0. The van der Waals surface area contributed by atoms with Gasteiger partial charge in [-0.3, -0.25) is 9.52 Å². The van der Waals surface area contributed by atoms with Gasteiger partial charge >= 0.3 is 0 Å². The molecule has 0 aromatic heterocycles. The molecule has 0 saturated heterocycles. The highest BCUT2D eigenvalue weighted by atomic mass is 32.2. The number of benzene rings is 2. The molecule has 0 radical (unpaired) electrons. The molecule has 1 amide bonds. The Labute approximate surface area is 178 Å². The molecule has 30 heavy (non-hydrogen) atoms. The fourth-order valence-corrected chi connectivity index (χ4v) is 3.94. The SMILES string of the molecule is CCOc1cc(NC(=O)[C@@H](O)C(C)C)ccc1S(=O)(=O)Nc1cccc(C(C)C)c1. The van der Waals surface area contributed by atoms with E-state index in [1.807, 2.05) is 19.9 Å². The Kier molecular flexibility index (Phi) is 7.86. The Morgan fingerprint density at radius 3 is 2.37 bits per heavy atom. The van der Waals surface area contributed by atoms with Crippen LogP contribution >= 0.6 is 0 Å². The number of ether oxygens (including phenoxy) is 1. The Balaban J connectivity index is 2.33. The molecule has 1 atom stereocenters. The Morgan fingerprint density at radius 1 is 1.07 bits per heavy atom. The highest BCUT2D eigenvalue weighted by molar-refractivity contribution is 7.92. The molecule has 0 aliphatic carbocycles. The van der Waals surface area contributed by atoms with Crippen LogP contribution in [0.15, 0.2) is 47.4 Å². The fourth-order valence-electron chi connectivity index (χ4n) is 2.77. The largest absolute Gasteiger partial charge is 0.492 e. The zero-order chi connectivity index (χ0) is 22.5. The van der Waals surface area contributed by atoms with Crippen molar-refractivity contribution in [2.75, 3.05) is 16.6 Å². The molecule has 0 aliphatic heterocycles. The number of carbonyl (C=O) groups excluding carboxylic acids is 1. The molecular weight excluding hydrogens is 404 g/mol. The van der Waals surface area contributed by atoms with Crippen molar-refractivity contribution in [1.82, 2.24) is 0 Å². The van der Waals surface area contributed by atoms with Crippen LogP contribution in [0.4, 0.5) is 11.4 Å². The van der Waals surface area contributed by atoms with E-state index >= 15 is 0 Å². The second kappa shape index (κ2) is 9.95. The van der Waals surface area contributed by atoms with Crippen molar-refractivity contribution < 1.29 is 23.1 Å². The summed E-state index contributed by atoms with van der Waals surface area (Å²) in [5.41, 5.74) is 1.81. The third-order valence-corrected chi connectivity index (χ3v) is 5.93. The summed E-state index contributed by atoms with van der Waals surface area (Å²) in [5.74, 6) is -0.437. The van der Waals surface area contributed by atoms with Gasteiger partial charge in [-0.15, -0.1) is 0 Å². The molecule has 2 aromatic rings. The van der Waals surface area contributed by atoms with E-state index in [1.165, 1.54) is 18.2 Å². The highest BCUT2D eigenvalue weighted by Crippen LogP contribution is 2.30. The maximum atomic E-state index is 13.0. The van der Waals surface area contributed by atoms with Crippen LogP contribution in [0.2, 0.25) is 0 Å². The van der Waals surface area contributed by atoms with Crippen molar-refractivity contribution in [3.05, 3.63) is 48.0 Å². The summed E-state index contributed by atoms with van der Waals surface area (Å²) in [6.45, 7) is 9.51. The molecule has 0 spiro atoms. The first-order valence-corrected chi connectivity index (χ1v) is 11.4. The first kappa shape index (κ1) is 23.7. The lowest BCUT2D eigenvalue weighted by atomic mass is 10.0. The van der Waals surface area contributed by atoms with Crippen LogP contribution in [-0.4, -0.2) is 32.1 Å². The predicted molar refractivity (Wildman–Crippen MR) is 118 cm³/mol. The van der Waals surface area contributed by atoms with E-state index in [0.717, 1.165) is 5.56 Å². The molecule has 2 aromatic carbocycles. The number of rotatable bonds is 9. The van der Waals surface area contributed by atoms with Gasteiger partial charge in [0.2, 0.25) is 0 Å². The summed E-state index contributed by atoms with van der Waals surface area (Å²) in [6.07, 6.45) is -1.17. The van der Waals surface area contributed by atoms with Crippen LogP contribution in [0.5, 0.6) is 5.75 Å². The maximum absolute atomic E-state index is 13.0. The number of aliphatic hydroxyl groups excluding tert-OH is 1. The maximum Gasteiger partial charge on any atom is 0.265 e. The van der Waals surface area contributed by atoms with Crippen LogP contribution in [0.25, 0.3) is 0 Å². The Bertz CT molecular complexity index is 987. The van der Waals surface area contributed by atoms with Gasteiger partial charge in [0.1, 0.15) is 16.7 Å². The lowest BCUT2D eigenvalue weighted by Gasteiger charge is -2.17. The van der Waals surface area contributed by atoms with Crippen molar-refractivity contribution in [2.45, 2.75) is 51.5 Å². The standard InChI is InChI=1S/C22H30N2O5S/c1-6-29-19-13-17(23-22(26)21(25)15(4)5)10-11-20(19)30(27,28)24-18-9-7-8-16(12-18)14(2)3/h7-15,21,24-25H,6H2,1-5H3,(H,23,26)/t21-/m0/s1. The van der Waals surface area contributed by atoms with Gasteiger partial charge in [0.15, 0.2) is 0 Å². The van der Waals surface area contributed by atoms with Gasteiger partial charge in [-0.2, -0.15) is 0 Å². The van der Waals surface area contributed by atoms with E-state index in [4.69, 9.17) is 4.74 Å². The van der Waals surface area contributed by atoms with Crippen LogP contribution in [0.1, 0.15) is 46.1 Å². The molecule has 8 heteroatoms. The molecule has 0 fully saturated rings. The molecular formula is C22H30N2O5S. The summed E-state index contributed by atoms with van der Waals surface area (Å²) < 4.78 is 34.1. The first-order valence-electron chi connectivity index (χ1n) is 9.93. The molecule has 0 unspecified atom stereocenters. The van der Waals surface area contributed by atoms with Gasteiger partial charge in [-0.05, 0) is 48.6 Å². The highest BCUT2D eigenvalue weighted by Gasteiger charge is 2.23. The van der Waals surface area contributed by atoms with Crippen molar-refractivity contribution in [1.29, 1.82) is 0 Å². The van der Waals surface area contributed by atoms with E-state index in [1.54, 1.807) is 39.0 Å². The van der Waals surface area contributed by atoms with E-state index in [2.05, 4.69) is 10.0 Å². The minimum absolute atomic E-state index is 0.0401. The number of nitrogens with one attached hydrogen (secondary N) is 2. The second-order valence-electron chi connectivity index (χ2n) is 7.66. The van der Waals surface area contributed by atoms with E-state index < -0.39 is 22.0 Å². The zero-order valence-corrected chi connectivity index (χ0v) is 18.8. The van der Waals surface area contributed by atoms with Gasteiger partial charge in [-0.1, -0.05) is 39.8 Å². The van der Waals surface area contributed by atoms with Crippen LogP contribution in [0.3, 0.4) is 0 Å². The van der Waals surface area contributed by atoms with Crippen molar-refractivity contribution in [3.63, 3.8) is 0 Å². The Morgan fingerprint density at radius 2 is 1.77 bits per heavy atom. The smallest absolute Gasteiger partial charge is 0.265 e. The quantitative estimate of drug-likeness (QED) is 0.554. The number of carbonyl (C=O) groups is 1. The van der Waals surface area contributed by atoms with Crippen molar-refractivity contribution in [3.8, 4) is 5.75 Å². The summed E-state index contributed by atoms with van der Waals surface area (Å²) in [5, 5.41) is 12.5. The molecule has 3 N–H and O–H groups in total. The normalized spacial score (nSPS) is 12.7. The van der Waals surface area contributed by atoms with Gasteiger partial charge in [0, 0.05) is 17.4 Å². The number of aliphatic hydroxyl groups is 1. The van der Waals surface area contributed by atoms with E-state index in [9.17, 15) is 18.3 Å². The molecule has 0 saturated carbocycles. The van der Waals surface area contributed by atoms with Crippen LogP contribution in [-0.2, 0) is 14.8 Å². The van der Waals surface area contributed by atoms with E-state index in [0.29, 0.717) is 11.4 Å². The average molecular weight is 435 g/mol. The van der Waals surface area contributed by atoms with Gasteiger partial charge in [-0.25, -0.2) is 8.42 Å². The monoisotopic (exact) mass is 434 g/mol. The van der Waals surface area contributed by atoms with Gasteiger partial charge in [0.25, 0.3) is 15.9 Å². The third kappa shape index (κ3) is 5.96. The minimum Gasteiger partial charge on any atom is -0.492 e. The Hall–Kier alpha value is -2.58. The topological polar surface area (TPSA) is 105 Å². The molecule has 0 bridgehead atoms. The number of amides is 1. The number of anilines is 2. The van der Waals surface area contributed by atoms with Crippen LogP contribution in [0, 0.1) is 5.92 Å². The van der Waals surface area contributed by atoms with Crippen molar-refractivity contribution in [2.24, 2.45) is 5.92 Å². The molecule has 164 valence electrons. The zero-order valence-electron chi connectivity index (χ0n) is 18.0. The summed E-state index contributed by atoms with van der Waals surface area (Å²) in [6, 6.07) is 11.5. The first-order chi connectivity index (χ1) is 14.0. The van der Waals surface area contributed by atoms with Crippen molar-refractivity contribution >= 4 is 27.3 Å². The second-order valence-corrected chi connectivity index (χ2v) is 9.31. The minimum atomic E-state index is -3.92. The lowest BCUT2D eigenvalue weighted by molar-refractivity contribution is -0.125. The molecule has 0 heterocycles. The van der Waals surface area contributed by atoms with Gasteiger partial charge in [0.05, 0.1) is 6.61 Å². The third-order valence-electron chi connectivity index (χ3n) is 4.51. The van der Waals surface area contributed by atoms with Gasteiger partial charge < -0.3 is 15.2 Å². The van der Waals surface area contributed by atoms with Crippen LogP contribution < -0.4 is 14.8 Å². The predicted octanol–water partition coefficient (Wildman–Crippen LogP) is 3.96. The molecule has 2 rings (SSSR count). The number of sulfonamides is 1. The summed E-state index contributed by atoms with van der Waals surface area (Å²) in [7, 11) is -3.92. The van der Waals surface area contributed by atoms with E-state index in [-0.39, 0.29) is 29.1 Å². The molecule has 0 aliphatic rings. The fraction of sp³-hybridized carbons (Fsp3) is 0.409. The summed E-state index contributed by atoms with van der Waals surface area (Å²) in [4.78, 5) is 12.1. The average Bonchev–Trinajstić information content (AvgIpc) is 2.67. The molecule has 7 nitrogen and oxygen atoms in total.